The largest absolute Gasteiger partial charge is 0.480 e. The lowest BCUT2D eigenvalue weighted by Crippen LogP contribution is -2.45. The van der Waals surface area contributed by atoms with Crippen molar-refractivity contribution in [1.29, 1.82) is 0 Å². The van der Waals surface area contributed by atoms with E-state index in [1.807, 2.05) is 0 Å². The Morgan fingerprint density at radius 3 is 2.11 bits per heavy atom. The third kappa shape index (κ3) is 4.84. The summed E-state index contributed by atoms with van der Waals surface area (Å²) in [4.78, 5) is 23.7. The second kappa shape index (κ2) is 8.94. The molecule has 1 unspecified atom stereocenters. The first-order valence-electron chi connectivity index (χ1n) is 7.34. The Morgan fingerprint density at radius 2 is 1.68 bits per heavy atom. The van der Waals surface area contributed by atoms with Gasteiger partial charge >= 0.3 is 11.9 Å². The third-order valence-electron chi connectivity index (χ3n) is 3.68. The average Bonchev–Trinajstić information content (AvgIpc) is 2.33. The molecule has 0 amide bonds. The van der Waals surface area contributed by atoms with Crippen molar-refractivity contribution in [3.05, 3.63) is 0 Å². The predicted molar refractivity (Wildman–Crippen MR) is 74.9 cm³/mol. The van der Waals surface area contributed by atoms with Crippen molar-refractivity contribution in [2.24, 2.45) is 11.3 Å². The van der Waals surface area contributed by atoms with Crippen LogP contribution in [-0.2, 0) is 14.3 Å². The SMILES string of the molecule is CCCCCCCC(C(=O)O)(C(=O)OCC)C(C)C. The van der Waals surface area contributed by atoms with Crippen LogP contribution in [0.25, 0.3) is 0 Å². The number of esters is 1. The van der Waals surface area contributed by atoms with Gasteiger partial charge in [-0.15, -0.1) is 0 Å². The minimum absolute atomic E-state index is 0.219. The molecule has 4 nitrogen and oxygen atoms in total. The lowest BCUT2D eigenvalue weighted by Gasteiger charge is -2.30. The van der Waals surface area contributed by atoms with Crippen LogP contribution in [0.1, 0.15) is 66.2 Å². The van der Waals surface area contributed by atoms with E-state index in [-0.39, 0.29) is 12.5 Å². The summed E-state index contributed by atoms with van der Waals surface area (Å²) in [5.74, 6) is -1.92. The molecule has 0 saturated carbocycles. The van der Waals surface area contributed by atoms with Crippen LogP contribution in [-0.4, -0.2) is 23.7 Å². The van der Waals surface area contributed by atoms with Crippen LogP contribution in [0.3, 0.4) is 0 Å². The van der Waals surface area contributed by atoms with E-state index < -0.39 is 17.4 Å². The first kappa shape index (κ1) is 17.9. The molecule has 4 heteroatoms. The van der Waals surface area contributed by atoms with E-state index in [9.17, 15) is 14.7 Å². The molecule has 1 atom stereocenters. The molecule has 0 aromatic rings. The molecule has 0 aromatic carbocycles. The molecule has 0 radical (unpaired) electrons. The van der Waals surface area contributed by atoms with Crippen molar-refractivity contribution in [2.45, 2.75) is 66.2 Å². The van der Waals surface area contributed by atoms with Gasteiger partial charge in [-0.05, 0) is 19.3 Å². The number of ether oxygens (including phenoxy) is 1. The van der Waals surface area contributed by atoms with Crippen LogP contribution in [0.5, 0.6) is 0 Å². The molecule has 19 heavy (non-hydrogen) atoms. The Bertz CT molecular complexity index is 286. The summed E-state index contributed by atoms with van der Waals surface area (Å²) >= 11 is 0. The molecule has 0 aliphatic heterocycles. The van der Waals surface area contributed by atoms with Crippen molar-refractivity contribution in [3.8, 4) is 0 Å². The van der Waals surface area contributed by atoms with Crippen LogP contribution in [0.15, 0.2) is 0 Å². The standard InChI is InChI=1S/C15H28O4/c1-5-7-8-9-10-11-15(12(3)4,13(16)17)14(18)19-6-2/h12H,5-11H2,1-4H3,(H,16,17). The smallest absolute Gasteiger partial charge is 0.323 e. The second-order valence-electron chi connectivity index (χ2n) is 5.32. The molecule has 0 fully saturated rings. The highest BCUT2D eigenvalue weighted by molar-refractivity contribution is 5.99. The van der Waals surface area contributed by atoms with Gasteiger partial charge in [-0.1, -0.05) is 52.9 Å². The highest BCUT2D eigenvalue weighted by Crippen LogP contribution is 2.36. The van der Waals surface area contributed by atoms with Gasteiger partial charge in [-0.3, -0.25) is 9.59 Å². The van der Waals surface area contributed by atoms with Crippen LogP contribution in [0.2, 0.25) is 0 Å². The van der Waals surface area contributed by atoms with Gasteiger partial charge in [0, 0.05) is 0 Å². The molecule has 0 aromatic heterocycles. The molecular weight excluding hydrogens is 244 g/mol. The number of rotatable bonds is 10. The maximum atomic E-state index is 12.1. The zero-order valence-corrected chi connectivity index (χ0v) is 12.7. The Labute approximate surface area is 116 Å². The average molecular weight is 272 g/mol. The van der Waals surface area contributed by atoms with Crippen LogP contribution >= 0.6 is 0 Å². The number of carboxylic acids is 1. The molecule has 112 valence electrons. The highest BCUT2D eigenvalue weighted by atomic mass is 16.5. The first-order valence-corrected chi connectivity index (χ1v) is 7.34. The zero-order valence-electron chi connectivity index (χ0n) is 12.7. The first-order chi connectivity index (χ1) is 8.93. The maximum absolute atomic E-state index is 12.1. The summed E-state index contributed by atoms with van der Waals surface area (Å²) in [6.07, 6.45) is 5.47. The summed E-state index contributed by atoms with van der Waals surface area (Å²) in [5, 5.41) is 9.49. The van der Waals surface area contributed by atoms with Gasteiger partial charge in [-0.2, -0.15) is 0 Å². The molecule has 1 N–H and O–H groups in total. The Morgan fingerprint density at radius 1 is 1.11 bits per heavy atom. The fourth-order valence-electron chi connectivity index (χ4n) is 2.33. The van der Waals surface area contributed by atoms with Crippen molar-refractivity contribution >= 4 is 11.9 Å². The highest BCUT2D eigenvalue weighted by Gasteiger charge is 2.49. The van der Waals surface area contributed by atoms with Crippen LogP contribution in [0.4, 0.5) is 0 Å². The van der Waals surface area contributed by atoms with Crippen molar-refractivity contribution in [1.82, 2.24) is 0 Å². The van der Waals surface area contributed by atoms with Gasteiger partial charge in [-0.25, -0.2) is 0 Å². The summed E-state index contributed by atoms with van der Waals surface area (Å²) in [6.45, 7) is 7.60. The quantitative estimate of drug-likeness (QED) is 0.374. The van der Waals surface area contributed by atoms with E-state index >= 15 is 0 Å². The molecule has 0 aliphatic carbocycles. The van der Waals surface area contributed by atoms with Crippen LogP contribution < -0.4 is 0 Å². The normalized spacial score (nSPS) is 14.2. The Kier molecular flexibility index (Phi) is 8.44. The number of unbranched alkanes of at least 4 members (excludes halogenated alkanes) is 4. The van der Waals surface area contributed by atoms with E-state index in [1.165, 1.54) is 0 Å². The molecule has 0 rings (SSSR count). The van der Waals surface area contributed by atoms with Gasteiger partial charge in [0.15, 0.2) is 5.41 Å². The Balaban J connectivity index is 4.74. The van der Waals surface area contributed by atoms with Gasteiger partial charge < -0.3 is 9.84 Å². The number of hydrogen-bond donors (Lipinski definition) is 1. The molecular formula is C15H28O4. The lowest BCUT2D eigenvalue weighted by atomic mass is 9.73. The van der Waals surface area contributed by atoms with Crippen molar-refractivity contribution in [2.75, 3.05) is 6.61 Å². The number of carbonyl (C=O) groups excluding carboxylic acids is 1. The minimum Gasteiger partial charge on any atom is -0.480 e. The molecule has 0 heterocycles. The summed E-state index contributed by atoms with van der Waals surface area (Å²) in [6, 6.07) is 0. The lowest BCUT2D eigenvalue weighted by molar-refractivity contribution is -0.173. The summed E-state index contributed by atoms with van der Waals surface area (Å²) in [5.41, 5.74) is -1.39. The topological polar surface area (TPSA) is 63.6 Å². The summed E-state index contributed by atoms with van der Waals surface area (Å²) in [7, 11) is 0. The molecule has 0 bridgehead atoms. The third-order valence-corrected chi connectivity index (χ3v) is 3.68. The maximum Gasteiger partial charge on any atom is 0.323 e. The fourth-order valence-corrected chi connectivity index (χ4v) is 2.33. The van der Waals surface area contributed by atoms with Gasteiger partial charge in [0.2, 0.25) is 0 Å². The number of carboxylic acid groups (broad SMARTS) is 1. The number of aliphatic carboxylic acids is 1. The van der Waals surface area contributed by atoms with Crippen LogP contribution in [0, 0.1) is 11.3 Å². The monoisotopic (exact) mass is 272 g/mol. The van der Waals surface area contributed by atoms with Gasteiger partial charge in [0.1, 0.15) is 0 Å². The number of carbonyl (C=O) groups is 2. The Hall–Kier alpha value is -1.06. The van der Waals surface area contributed by atoms with E-state index in [0.717, 1.165) is 32.1 Å². The van der Waals surface area contributed by atoms with Gasteiger partial charge in [0.05, 0.1) is 6.61 Å². The zero-order chi connectivity index (χ0) is 14.9. The number of hydrogen-bond acceptors (Lipinski definition) is 3. The predicted octanol–water partition coefficient (Wildman–Crippen LogP) is 3.64. The minimum atomic E-state index is -1.39. The fraction of sp³-hybridized carbons (Fsp3) is 0.867. The second-order valence-corrected chi connectivity index (χ2v) is 5.32. The van der Waals surface area contributed by atoms with E-state index in [2.05, 4.69) is 6.92 Å². The van der Waals surface area contributed by atoms with E-state index in [4.69, 9.17) is 4.74 Å². The molecule has 0 aliphatic rings. The van der Waals surface area contributed by atoms with Crippen molar-refractivity contribution in [3.63, 3.8) is 0 Å². The summed E-state index contributed by atoms with van der Waals surface area (Å²) < 4.78 is 4.99. The van der Waals surface area contributed by atoms with Gasteiger partial charge in [0.25, 0.3) is 0 Å². The van der Waals surface area contributed by atoms with E-state index in [0.29, 0.717) is 6.42 Å². The molecule has 0 spiro atoms. The van der Waals surface area contributed by atoms with E-state index in [1.54, 1.807) is 20.8 Å². The van der Waals surface area contributed by atoms with Crippen molar-refractivity contribution < 1.29 is 19.4 Å². The molecule has 0 saturated heterocycles.